The fraction of sp³-hybridized carbons (Fsp3) is 0.231. The minimum absolute atomic E-state index is 0.645. The second-order valence-corrected chi connectivity index (χ2v) is 5.10. The highest BCUT2D eigenvalue weighted by molar-refractivity contribution is 7.15. The second kappa shape index (κ2) is 4.89. The molecule has 3 rings (SSSR count). The molecule has 0 aliphatic rings. The lowest BCUT2D eigenvalue weighted by Gasteiger charge is -2.07. The third-order valence-corrected chi connectivity index (χ3v) is 3.61. The van der Waals surface area contributed by atoms with Gasteiger partial charge in [-0.25, -0.2) is 0 Å². The molecule has 19 heavy (non-hydrogen) atoms. The van der Waals surface area contributed by atoms with Gasteiger partial charge in [-0.3, -0.25) is 9.38 Å². The zero-order valence-electron chi connectivity index (χ0n) is 10.8. The maximum atomic E-state index is 5.32. The van der Waals surface area contributed by atoms with E-state index in [0.29, 0.717) is 12.4 Å². The Morgan fingerprint density at radius 2 is 2.32 bits per heavy atom. The standard InChI is InChI=1S/C13H14N4OS/c1-9-5-10(7-14-6-9)15-8-11-12(18-2)16-13-17(11)3-4-19-13/h3-7,15H,8H2,1-2H3. The Balaban J connectivity index is 1.86. The van der Waals surface area contributed by atoms with Crippen LogP contribution in [0, 0.1) is 6.92 Å². The van der Waals surface area contributed by atoms with Gasteiger partial charge in [0.05, 0.1) is 19.3 Å². The SMILES string of the molecule is COc1nc2sccn2c1CNc1cncc(C)c1. The van der Waals surface area contributed by atoms with E-state index in [9.17, 15) is 0 Å². The number of hydrogen-bond donors (Lipinski definition) is 1. The third-order valence-electron chi connectivity index (χ3n) is 2.85. The van der Waals surface area contributed by atoms with E-state index in [4.69, 9.17) is 4.74 Å². The molecule has 0 spiro atoms. The van der Waals surface area contributed by atoms with Crippen LogP contribution < -0.4 is 10.1 Å². The second-order valence-electron chi connectivity index (χ2n) is 4.23. The van der Waals surface area contributed by atoms with Gasteiger partial charge in [0.25, 0.3) is 0 Å². The van der Waals surface area contributed by atoms with Crippen LogP contribution in [-0.4, -0.2) is 21.5 Å². The highest BCUT2D eigenvalue weighted by atomic mass is 32.1. The van der Waals surface area contributed by atoms with Crippen molar-refractivity contribution in [3.8, 4) is 5.88 Å². The van der Waals surface area contributed by atoms with Gasteiger partial charge in [-0.15, -0.1) is 11.3 Å². The molecule has 0 radical (unpaired) electrons. The summed E-state index contributed by atoms with van der Waals surface area (Å²) in [5.74, 6) is 0.667. The van der Waals surface area contributed by atoms with Gasteiger partial charge in [0.15, 0.2) is 4.96 Å². The van der Waals surface area contributed by atoms with E-state index in [1.807, 2.05) is 35.3 Å². The quantitative estimate of drug-likeness (QED) is 0.794. The molecule has 3 aromatic rings. The monoisotopic (exact) mass is 274 g/mol. The van der Waals surface area contributed by atoms with Crippen molar-refractivity contribution in [2.45, 2.75) is 13.5 Å². The van der Waals surface area contributed by atoms with Crippen molar-refractivity contribution in [1.29, 1.82) is 0 Å². The van der Waals surface area contributed by atoms with Crippen molar-refractivity contribution in [2.24, 2.45) is 0 Å². The number of ether oxygens (including phenoxy) is 1. The van der Waals surface area contributed by atoms with Gasteiger partial charge in [0, 0.05) is 24.0 Å². The summed E-state index contributed by atoms with van der Waals surface area (Å²) >= 11 is 1.59. The van der Waals surface area contributed by atoms with Crippen LogP contribution in [0.2, 0.25) is 0 Å². The minimum atomic E-state index is 0.645. The predicted molar refractivity (Wildman–Crippen MR) is 75.9 cm³/mol. The molecule has 0 unspecified atom stereocenters. The van der Waals surface area contributed by atoms with Crippen LogP contribution in [0.1, 0.15) is 11.3 Å². The fourth-order valence-electron chi connectivity index (χ4n) is 1.97. The Morgan fingerprint density at radius 1 is 1.42 bits per heavy atom. The Labute approximate surface area is 114 Å². The van der Waals surface area contributed by atoms with Crippen molar-refractivity contribution in [2.75, 3.05) is 12.4 Å². The summed E-state index contributed by atoms with van der Waals surface area (Å²) in [6, 6.07) is 2.06. The molecule has 0 aromatic carbocycles. The predicted octanol–water partition coefficient (Wildman–Crippen LogP) is 2.72. The highest BCUT2D eigenvalue weighted by Gasteiger charge is 2.13. The van der Waals surface area contributed by atoms with Crippen LogP contribution in [0.5, 0.6) is 5.88 Å². The normalized spacial score (nSPS) is 10.8. The van der Waals surface area contributed by atoms with Crippen molar-refractivity contribution >= 4 is 22.0 Å². The van der Waals surface area contributed by atoms with Crippen LogP contribution in [0.4, 0.5) is 5.69 Å². The number of anilines is 1. The van der Waals surface area contributed by atoms with Gasteiger partial charge >= 0.3 is 0 Å². The number of methoxy groups -OCH3 is 1. The molecule has 0 aliphatic heterocycles. The van der Waals surface area contributed by atoms with Crippen LogP contribution >= 0.6 is 11.3 Å². The van der Waals surface area contributed by atoms with Gasteiger partial charge in [-0.1, -0.05) is 0 Å². The lowest BCUT2D eigenvalue weighted by molar-refractivity contribution is 0.395. The summed E-state index contributed by atoms with van der Waals surface area (Å²) in [5, 5.41) is 5.36. The topological polar surface area (TPSA) is 51.5 Å². The summed E-state index contributed by atoms with van der Waals surface area (Å²) in [6.45, 7) is 2.67. The van der Waals surface area contributed by atoms with Crippen molar-refractivity contribution in [3.05, 3.63) is 41.3 Å². The van der Waals surface area contributed by atoms with Gasteiger partial charge in [0.2, 0.25) is 5.88 Å². The molecule has 98 valence electrons. The molecule has 0 aliphatic carbocycles. The Morgan fingerprint density at radius 3 is 3.11 bits per heavy atom. The Bertz CT molecular complexity index is 704. The average molecular weight is 274 g/mol. The molecular formula is C13H14N4OS. The maximum absolute atomic E-state index is 5.32. The lowest BCUT2D eigenvalue weighted by Crippen LogP contribution is -2.04. The number of hydrogen-bond acceptors (Lipinski definition) is 5. The van der Waals surface area contributed by atoms with Crippen LogP contribution in [0.15, 0.2) is 30.0 Å². The van der Waals surface area contributed by atoms with E-state index < -0.39 is 0 Å². The number of nitrogens with one attached hydrogen (secondary N) is 1. The van der Waals surface area contributed by atoms with E-state index in [2.05, 4.69) is 21.4 Å². The molecule has 5 nitrogen and oxygen atoms in total. The van der Waals surface area contributed by atoms with Gasteiger partial charge in [-0.05, 0) is 18.6 Å². The molecule has 6 heteroatoms. The number of fused-ring (bicyclic) bond motifs is 1. The molecule has 1 N–H and O–H groups in total. The number of pyridine rings is 1. The number of aryl methyl sites for hydroxylation is 1. The first kappa shape index (κ1) is 12.0. The first-order valence-corrected chi connectivity index (χ1v) is 6.80. The van der Waals surface area contributed by atoms with E-state index in [1.165, 1.54) is 0 Å². The number of thiazole rings is 1. The number of aromatic nitrogens is 3. The van der Waals surface area contributed by atoms with E-state index in [0.717, 1.165) is 21.9 Å². The minimum Gasteiger partial charge on any atom is -0.480 e. The van der Waals surface area contributed by atoms with Gasteiger partial charge < -0.3 is 10.1 Å². The molecule has 0 amide bonds. The van der Waals surface area contributed by atoms with Gasteiger partial charge in [0.1, 0.15) is 5.69 Å². The average Bonchev–Trinajstić information content (AvgIpc) is 2.96. The Kier molecular flexibility index (Phi) is 3.08. The van der Waals surface area contributed by atoms with Crippen molar-refractivity contribution in [1.82, 2.24) is 14.4 Å². The summed E-state index contributed by atoms with van der Waals surface area (Å²) in [4.78, 5) is 9.53. The van der Waals surface area contributed by atoms with Crippen LogP contribution in [0.3, 0.4) is 0 Å². The largest absolute Gasteiger partial charge is 0.480 e. The number of nitrogens with zero attached hydrogens (tertiary/aromatic N) is 3. The molecule has 0 fully saturated rings. The molecule has 0 atom stereocenters. The molecule has 0 saturated carbocycles. The molecule has 0 saturated heterocycles. The zero-order valence-corrected chi connectivity index (χ0v) is 11.6. The first-order valence-electron chi connectivity index (χ1n) is 5.92. The molecule has 3 aromatic heterocycles. The summed E-state index contributed by atoms with van der Waals surface area (Å²) in [6.07, 6.45) is 5.65. The summed E-state index contributed by atoms with van der Waals surface area (Å²) < 4.78 is 7.36. The van der Waals surface area contributed by atoms with E-state index in [-0.39, 0.29) is 0 Å². The molecule has 3 heterocycles. The third kappa shape index (κ3) is 2.26. The van der Waals surface area contributed by atoms with Crippen molar-refractivity contribution < 1.29 is 4.74 Å². The van der Waals surface area contributed by atoms with Crippen LogP contribution in [0.25, 0.3) is 4.96 Å². The van der Waals surface area contributed by atoms with Crippen LogP contribution in [-0.2, 0) is 6.54 Å². The van der Waals surface area contributed by atoms with Crippen molar-refractivity contribution in [3.63, 3.8) is 0 Å². The highest BCUT2D eigenvalue weighted by Crippen LogP contribution is 2.23. The number of imidazole rings is 1. The first-order chi connectivity index (χ1) is 9.28. The Hall–Kier alpha value is -2.08. The zero-order chi connectivity index (χ0) is 13.2. The van der Waals surface area contributed by atoms with Gasteiger partial charge in [-0.2, -0.15) is 4.98 Å². The molecule has 0 bridgehead atoms. The lowest BCUT2D eigenvalue weighted by atomic mass is 10.3. The molecular weight excluding hydrogens is 260 g/mol. The summed E-state index contributed by atoms with van der Waals surface area (Å²) in [7, 11) is 1.64. The van der Waals surface area contributed by atoms with E-state index in [1.54, 1.807) is 18.4 Å². The smallest absolute Gasteiger partial charge is 0.238 e. The fourth-order valence-corrected chi connectivity index (χ4v) is 2.70. The number of rotatable bonds is 4. The summed E-state index contributed by atoms with van der Waals surface area (Å²) in [5.41, 5.74) is 3.14. The van der Waals surface area contributed by atoms with E-state index >= 15 is 0 Å². The maximum Gasteiger partial charge on any atom is 0.238 e.